The summed E-state index contributed by atoms with van der Waals surface area (Å²) in [6, 6.07) is 8.15. The molecule has 2 rings (SSSR count). The van der Waals surface area contributed by atoms with Crippen molar-refractivity contribution in [3.05, 3.63) is 29.8 Å². The van der Waals surface area contributed by atoms with Gasteiger partial charge in [-0.3, -0.25) is 4.90 Å². The Hall–Kier alpha value is -0.810. The van der Waals surface area contributed by atoms with E-state index in [0.29, 0.717) is 13.2 Å². The molecule has 0 radical (unpaired) electrons. The normalized spacial score (nSPS) is 23.1. The van der Waals surface area contributed by atoms with Gasteiger partial charge in [-0.25, -0.2) is 0 Å². The quantitative estimate of drug-likeness (QED) is 0.826. The van der Waals surface area contributed by atoms with Gasteiger partial charge in [0.05, 0.1) is 12.2 Å². The van der Waals surface area contributed by atoms with Gasteiger partial charge in [0.1, 0.15) is 18.5 Å². The first-order valence-electron chi connectivity index (χ1n) is 8.34. The molecular formula is C18H30ClNO3. The molecule has 1 aromatic rings. The molecule has 1 aliphatic rings. The van der Waals surface area contributed by atoms with E-state index < -0.39 is 6.10 Å². The van der Waals surface area contributed by atoms with Gasteiger partial charge in [-0.05, 0) is 38.0 Å². The topological polar surface area (TPSA) is 41.9 Å². The van der Waals surface area contributed by atoms with Crippen LogP contribution in [-0.4, -0.2) is 54.6 Å². The fraction of sp³-hybridized carbons (Fsp3) is 0.667. The van der Waals surface area contributed by atoms with Gasteiger partial charge in [-0.1, -0.05) is 25.5 Å². The van der Waals surface area contributed by atoms with Gasteiger partial charge in [0, 0.05) is 19.6 Å². The van der Waals surface area contributed by atoms with Crippen LogP contribution < -0.4 is 4.74 Å². The Morgan fingerprint density at radius 2 is 1.83 bits per heavy atom. The summed E-state index contributed by atoms with van der Waals surface area (Å²) >= 11 is 0. The van der Waals surface area contributed by atoms with Crippen molar-refractivity contribution in [3.8, 4) is 5.75 Å². The second-order valence-electron chi connectivity index (χ2n) is 6.33. The van der Waals surface area contributed by atoms with Crippen molar-refractivity contribution in [2.45, 2.75) is 51.9 Å². The average molecular weight is 344 g/mol. The maximum Gasteiger partial charge on any atom is 0.119 e. The standard InChI is InChI=1S/C18H29NO3.ClH/c1-4-5-16-6-8-18(9-7-16)21-13-17(20)12-19-10-14(2)22-15(3)11-19;/h6-9,14-15,17,20H,4-5,10-13H2,1-3H3;1H. The van der Waals surface area contributed by atoms with E-state index in [1.165, 1.54) is 5.56 Å². The van der Waals surface area contributed by atoms with Crippen LogP contribution in [0.15, 0.2) is 24.3 Å². The molecule has 0 spiro atoms. The number of rotatable bonds is 7. The van der Waals surface area contributed by atoms with Gasteiger partial charge in [-0.15, -0.1) is 12.4 Å². The van der Waals surface area contributed by atoms with Crippen LogP contribution in [0.1, 0.15) is 32.8 Å². The minimum atomic E-state index is -0.479. The number of halogens is 1. The third kappa shape index (κ3) is 7.08. The lowest BCUT2D eigenvalue weighted by Crippen LogP contribution is -2.48. The Balaban J connectivity index is 0.00000264. The number of aliphatic hydroxyl groups excluding tert-OH is 1. The molecule has 1 aromatic carbocycles. The summed E-state index contributed by atoms with van der Waals surface area (Å²) in [5.41, 5.74) is 1.33. The summed E-state index contributed by atoms with van der Waals surface area (Å²) in [5, 5.41) is 10.2. The van der Waals surface area contributed by atoms with Crippen molar-refractivity contribution in [2.24, 2.45) is 0 Å². The molecule has 0 bridgehead atoms. The van der Waals surface area contributed by atoms with E-state index >= 15 is 0 Å². The third-order valence-electron chi connectivity index (χ3n) is 3.87. The Kier molecular flexibility index (Phi) is 8.92. The lowest BCUT2D eigenvalue weighted by molar-refractivity contribution is -0.0786. The van der Waals surface area contributed by atoms with Crippen LogP contribution in [0.4, 0.5) is 0 Å². The largest absolute Gasteiger partial charge is 0.491 e. The zero-order chi connectivity index (χ0) is 15.9. The Labute approximate surface area is 146 Å². The van der Waals surface area contributed by atoms with Crippen LogP contribution in [0.3, 0.4) is 0 Å². The van der Waals surface area contributed by atoms with Crippen molar-refractivity contribution in [3.63, 3.8) is 0 Å². The van der Waals surface area contributed by atoms with Crippen molar-refractivity contribution in [2.75, 3.05) is 26.2 Å². The number of hydrogen-bond acceptors (Lipinski definition) is 4. The number of benzene rings is 1. The molecule has 0 saturated carbocycles. The molecule has 3 unspecified atom stereocenters. The highest BCUT2D eigenvalue weighted by Crippen LogP contribution is 2.14. The van der Waals surface area contributed by atoms with Crippen LogP contribution in [0.5, 0.6) is 5.75 Å². The molecule has 1 saturated heterocycles. The van der Waals surface area contributed by atoms with Crippen LogP contribution in [0.25, 0.3) is 0 Å². The molecule has 0 aliphatic carbocycles. The third-order valence-corrected chi connectivity index (χ3v) is 3.87. The molecule has 132 valence electrons. The number of β-amino-alcohol motifs (C(OH)–C–C–N with tert-alkyl or cyclic N) is 1. The van der Waals surface area contributed by atoms with E-state index in [2.05, 4.69) is 37.8 Å². The number of morpholine rings is 1. The summed E-state index contributed by atoms with van der Waals surface area (Å²) in [6.07, 6.45) is 2.21. The number of hydrogen-bond donors (Lipinski definition) is 1. The first-order chi connectivity index (χ1) is 10.6. The maximum atomic E-state index is 10.2. The smallest absolute Gasteiger partial charge is 0.119 e. The second kappa shape index (κ2) is 10.1. The monoisotopic (exact) mass is 343 g/mol. The van der Waals surface area contributed by atoms with Crippen LogP contribution in [0, 0.1) is 0 Å². The number of ether oxygens (including phenoxy) is 2. The Bertz CT molecular complexity index is 430. The SMILES string of the molecule is CCCc1ccc(OCC(O)CN2CC(C)OC(C)C2)cc1.Cl. The van der Waals surface area contributed by atoms with Crippen molar-refractivity contribution < 1.29 is 14.6 Å². The summed E-state index contributed by atoms with van der Waals surface area (Å²) in [5.74, 6) is 0.822. The molecule has 0 aromatic heterocycles. The van der Waals surface area contributed by atoms with Gasteiger partial charge in [0.2, 0.25) is 0 Å². The Morgan fingerprint density at radius 3 is 2.39 bits per heavy atom. The fourth-order valence-electron chi connectivity index (χ4n) is 3.02. The molecule has 5 heteroatoms. The predicted molar refractivity (Wildman–Crippen MR) is 95.6 cm³/mol. The van der Waals surface area contributed by atoms with Crippen molar-refractivity contribution >= 4 is 12.4 Å². The lowest BCUT2D eigenvalue weighted by atomic mass is 10.1. The summed E-state index contributed by atoms with van der Waals surface area (Å²) in [7, 11) is 0. The molecule has 3 atom stereocenters. The minimum absolute atomic E-state index is 0. The molecular weight excluding hydrogens is 314 g/mol. The highest BCUT2D eigenvalue weighted by atomic mass is 35.5. The van der Waals surface area contributed by atoms with Gasteiger partial charge in [-0.2, -0.15) is 0 Å². The molecule has 4 nitrogen and oxygen atoms in total. The van der Waals surface area contributed by atoms with Crippen LogP contribution >= 0.6 is 12.4 Å². The first-order valence-corrected chi connectivity index (χ1v) is 8.34. The van der Waals surface area contributed by atoms with Crippen LogP contribution in [-0.2, 0) is 11.2 Å². The second-order valence-corrected chi connectivity index (χ2v) is 6.33. The van der Waals surface area contributed by atoms with Crippen LogP contribution in [0.2, 0.25) is 0 Å². The number of aliphatic hydroxyl groups is 1. The fourth-order valence-corrected chi connectivity index (χ4v) is 3.02. The minimum Gasteiger partial charge on any atom is -0.491 e. The highest BCUT2D eigenvalue weighted by Gasteiger charge is 2.23. The van der Waals surface area contributed by atoms with Gasteiger partial charge < -0.3 is 14.6 Å². The predicted octanol–water partition coefficient (Wildman–Crippen LogP) is 2.91. The first kappa shape index (κ1) is 20.2. The number of aryl methyl sites for hydroxylation is 1. The summed E-state index contributed by atoms with van der Waals surface area (Å²) in [4.78, 5) is 2.25. The molecule has 1 heterocycles. The Morgan fingerprint density at radius 1 is 1.22 bits per heavy atom. The van der Waals surface area contributed by atoms with Gasteiger partial charge >= 0.3 is 0 Å². The molecule has 0 amide bonds. The van der Waals surface area contributed by atoms with Crippen molar-refractivity contribution in [1.82, 2.24) is 4.90 Å². The van der Waals surface area contributed by atoms with Gasteiger partial charge in [0.15, 0.2) is 0 Å². The average Bonchev–Trinajstić information content (AvgIpc) is 2.46. The number of nitrogens with zero attached hydrogens (tertiary/aromatic N) is 1. The van der Waals surface area contributed by atoms with E-state index in [1.807, 2.05) is 12.1 Å². The van der Waals surface area contributed by atoms with Crippen molar-refractivity contribution in [1.29, 1.82) is 0 Å². The molecule has 1 aliphatic heterocycles. The maximum absolute atomic E-state index is 10.2. The zero-order valence-electron chi connectivity index (χ0n) is 14.4. The van der Waals surface area contributed by atoms with E-state index in [4.69, 9.17) is 9.47 Å². The van der Waals surface area contributed by atoms with E-state index in [-0.39, 0.29) is 24.6 Å². The summed E-state index contributed by atoms with van der Waals surface area (Å²) < 4.78 is 11.4. The highest BCUT2D eigenvalue weighted by molar-refractivity contribution is 5.85. The summed E-state index contributed by atoms with van der Waals surface area (Å²) in [6.45, 7) is 9.01. The zero-order valence-corrected chi connectivity index (χ0v) is 15.2. The van der Waals surface area contributed by atoms with E-state index in [1.54, 1.807) is 0 Å². The van der Waals surface area contributed by atoms with Gasteiger partial charge in [0.25, 0.3) is 0 Å². The molecule has 1 N–H and O–H groups in total. The van der Waals surface area contributed by atoms with E-state index in [0.717, 1.165) is 31.7 Å². The lowest BCUT2D eigenvalue weighted by Gasteiger charge is -2.36. The molecule has 1 fully saturated rings. The molecule has 23 heavy (non-hydrogen) atoms. The van der Waals surface area contributed by atoms with E-state index in [9.17, 15) is 5.11 Å².